The van der Waals surface area contributed by atoms with Gasteiger partial charge in [0.05, 0.1) is 6.54 Å². The van der Waals surface area contributed by atoms with Crippen molar-refractivity contribution in [2.75, 3.05) is 18.9 Å². The molecular weight excluding hydrogens is 533 g/mol. The standard InChI is InChI=1S/C21H21F2N7O2.C2HF3O2/c1-12-5-14(13-3-4-17-15(6-13)9-28(2)20(31)27-17)8-25-19(12)29-11-26-30(21(29)32)10-16(7-24)18(22)23;3-2(4,5)1(6)7/h3-6,8,11H,7,9-10,24H2,1-2H3,(H,27,31);(H,6,7). The number of aliphatic carboxylic acids is 1. The molecule has 11 nitrogen and oxygen atoms in total. The summed E-state index contributed by atoms with van der Waals surface area (Å²) in [5.74, 6) is -2.40. The third kappa shape index (κ3) is 6.64. The molecule has 0 unspecified atom stereocenters. The van der Waals surface area contributed by atoms with Crippen molar-refractivity contribution in [3.8, 4) is 16.9 Å². The van der Waals surface area contributed by atoms with Crippen molar-refractivity contribution in [2.45, 2.75) is 26.2 Å². The molecule has 0 aliphatic carbocycles. The van der Waals surface area contributed by atoms with Crippen LogP contribution in [0.1, 0.15) is 11.1 Å². The molecule has 4 N–H and O–H groups in total. The van der Waals surface area contributed by atoms with E-state index in [4.69, 9.17) is 15.6 Å². The number of aromatic nitrogens is 4. The van der Waals surface area contributed by atoms with Gasteiger partial charge in [-0.15, -0.1) is 0 Å². The summed E-state index contributed by atoms with van der Waals surface area (Å²) in [7, 11) is 1.72. The minimum absolute atomic E-state index is 0.151. The first-order chi connectivity index (χ1) is 18.2. The zero-order valence-electron chi connectivity index (χ0n) is 20.5. The molecule has 0 radical (unpaired) electrons. The van der Waals surface area contributed by atoms with Crippen LogP contribution in [0.3, 0.4) is 0 Å². The molecule has 16 heteroatoms. The zero-order valence-corrected chi connectivity index (χ0v) is 20.5. The molecule has 3 heterocycles. The molecule has 2 aromatic heterocycles. The van der Waals surface area contributed by atoms with Crippen LogP contribution in [0.2, 0.25) is 0 Å². The molecule has 0 spiro atoms. The molecule has 39 heavy (non-hydrogen) atoms. The number of carboxylic acid groups (broad SMARTS) is 1. The summed E-state index contributed by atoms with van der Waals surface area (Å²) in [6, 6.07) is 7.45. The Labute approximate surface area is 217 Å². The lowest BCUT2D eigenvalue weighted by molar-refractivity contribution is -0.192. The lowest BCUT2D eigenvalue weighted by atomic mass is 10.0. The summed E-state index contributed by atoms with van der Waals surface area (Å²) in [5, 5.41) is 13.9. The monoisotopic (exact) mass is 555 g/mol. The molecule has 1 aromatic carbocycles. The van der Waals surface area contributed by atoms with E-state index in [1.165, 1.54) is 10.9 Å². The van der Waals surface area contributed by atoms with Gasteiger partial charge in [-0.3, -0.25) is 0 Å². The van der Waals surface area contributed by atoms with E-state index in [1.807, 2.05) is 24.3 Å². The van der Waals surface area contributed by atoms with Crippen molar-refractivity contribution < 1.29 is 36.6 Å². The van der Waals surface area contributed by atoms with E-state index in [0.29, 0.717) is 17.9 Å². The zero-order chi connectivity index (χ0) is 29.1. The van der Waals surface area contributed by atoms with Crippen LogP contribution >= 0.6 is 0 Å². The number of nitrogens with two attached hydrogens (primary N) is 1. The van der Waals surface area contributed by atoms with Crippen molar-refractivity contribution in [2.24, 2.45) is 5.73 Å². The molecule has 0 saturated carbocycles. The van der Waals surface area contributed by atoms with Gasteiger partial charge in [-0.05, 0) is 41.8 Å². The SMILES string of the molecule is Cc1cc(-c2ccc3c(c2)CN(C)C(=O)N3)cnc1-n1cnn(CC(CN)=C(F)F)c1=O.O=C(O)C(F)(F)F. The lowest BCUT2D eigenvalue weighted by Gasteiger charge is -2.26. The number of hydrogen-bond donors (Lipinski definition) is 3. The number of fused-ring (bicyclic) bond motifs is 1. The number of urea groups is 1. The first-order valence-electron chi connectivity index (χ1n) is 11.0. The number of anilines is 1. The van der Waals surface area contributed by atoms with Gasteiger partial charge in [0, 0.05) is 43.2 Å². The van der Waals surface area contributed by atoms with E-state index < -0.39 is 23.9 Å². The molecule has 4 rings (SSSR count). The maximum atomic E-state index is 12.9. The highest BCUT2D eigenvalue weighted by atomic mass is 19.4. The molecule has 1 aliphatic heterocycles. The number of benzene rings is 1. The quantitative estimate of drug-likeness (QED) is 0.410. The van der Waals surface area contributed by atoms with E-state index in [1.54, 1.807) is 25.1 Å². The number of carbonyl (C=O) groups excluding carboxylic acids is 1. The van der Waals surface area contributed by atoms with Crippen molar-refractivity contribution in [3.63, 3.8) is 0 Å². The Morgan fingerprint density at radius 2 is 1.85 bits per heavy atom. The molecule has 3 aromatic rings. The van der Waals surface area contributed by atoms with Crippen molar-refractivity contribution in [3.05, 3.63) is 70.1 Å². The Morgan fingerprint density at radius 3 is 2.41 bits per heavy atom. The van der Waals surface area contributed by atoms with Crippen LogP contribution in [-0.2, 0) is 17.9 Å². The summed E-state index contributed by atoms with van der Waals surface area (Å²) in [4.78, 5) is 39.3. The van der Waals surface area contributed by atoms with Crippen molar-refractivity contribution in [1.82, 2.24) is 24.2 Å². The van der Waals surface area contributed by atoms with Crippen LogP contribution in [0.25, 0.3) is 16.9 Å². The maximum absolute atomic E-state index is 12.9. The summed E-state index contributed by atoms with van der Waals surface area (Å²) in [6.07, 6.45) is -4.12. The first kappa shape index (κ1) is 29.0. The number of carboxylic acids is 1. The van der Waals surface area contributed by atoms with Crippen LogP contribution in [0.5, 0.6) is 0 Å². The lowest BCUT2D eigenvalue weighted by Crippen LogP contribution is -2.35. The Balaban J connectivity index is 0.000000532. The Morgan fingerprint density at radius 1 is 1.18 bits per heavy atom. The van der Waals surface area contributed by atoms with Gasteiger partial charge in [0.25, 0.3) is 6.08 Å². The highest BCUT2D eigenvalue weighted by Gasteiger charge is 2.38. The average Bonchev–Trinajstić information content (AvgIpc) is 3.22. The summed E-state index contributed by atoms with van der Waals surface area (Å²) in [6.45, 7) is 1.54. The summed E-state index contributed by atoms with van der Waals surface area (Å²) in [5.41, 5.74) is 8.58. The third-order valence-corrected chi connectivity index (χ3v) is 5.54. The highest BCUT2D eigenvalue weighted by molar-refractivity contribution is 5.92. The van der Waals surface area contributed by atoms with Crippen LogP contribution in [0.15, 0.2) is 53.2 Å². The third-order valence-electron chi connectivity index (χ3n) is 5.54. The fourth-order valence-electron chi connectivity index (χ4n) is 3.51. The number of aryl methyl sites for hydroxylation is 1. The normalized spacial score (nSPS) is 12.7. The predicted molar refractivity (Wildman–Crippen MR) is 128 cm³/mol. The molecule has 2 amide bonds. The molecule has 1 aliphatic rings. The van der Waals surface area contributed by atoms with E-state index in [9.17, 15) is 31.5 Å². The van der Waals surface area contributed by atoms with E-state index in [-0.39, 0.29) is 24.7 Å². The molecule has 0 saturated heterocycles. The maximum Gasteiger partial charge on any atom is 0.490 e. The van der Waals surface area contributed by atoms with E-state index in [0.717, 1.165) is 27.1 Å². The van der Waals surface area contributed by atoms with Crippen LogP contribution in [0.4, 0.5) is 32.4 Å². The van der Waals surface area contributed by atoms with Crippen LogP contribution in [-0.4, -0.2) is 61.1 Å². The number of hydrogen-bond acceptors (Lipinski definition) is 6. The molecule has 208 valence electrons. The number of halogens is 5. The topological polar surface area (TPSA) is 148 Å². The number of alkyl halides is 3. The highest BCUT2D eigenvalue weighted by Crippen LogP contribution is 2.29. The van der Waals surface area contributed by atoms with Gasteiger partial charge in [-0.25, -0.2) is 28.6 Å². The van der Waals surface area contributed by atoms with E-state index in [2.05, 4.69) is 15.4 Å². The number of carbonyl (C=O) groups is 2. The number of amides is 2. The molecule has 0 bridgehead atoms. The largest absolute Gasteiger partial charge is 0.490 e. The number of rotatable bonds is 5. The molecule has 0 fully saturated rings. The number of pyridine rings is 1. The van der Waals surface area contributed by atoms with Crippen molar-refractivity contribution in [1.29, 1.82) is 0 Å². The number of nitrogens with zero attached hydrogens (tertiary/aromatic N) is 5. The van der Waals surface area contributed by atoms with Gasteiger partial charge in [0.15, 0.2) is 0 Å². The van der Waals surface area contributed by atoms with Gasteiger partial charge in [0.2, 0.25) is 0 Å². The number of nitrogens with one attached hydrogen (secondary N) is 1. The van der Waals surface area contributed by atoms with E-state index >= 15 is 0 Å². The van der Waals surface area contributed by atoms with Gasteiger partial charge >= 0.3 is 23.9 Å². The smallest absolute Gasteiger partial charge is 0.475 e. The minimum Gasteiger partial charge on any atom is -0.475 e. The van der Waals surface area contributed by atoms with Gasteiger partial charge < -0.3 is 21.1 Å². The van der Waals surface area contributed by atoms with Gasteiger partial charge in [-0.1, -0.05) is 6.07 Å². The Hall–Kier alpha value is -4.60. The second-order valence-corrected chi connectivity index (χ2v) is 8.33. The Kier molecular flexibility index (Phi) is 8.48. The fourth-order valence-corrected chi connectivity index (χ4v) is 3.51. The van der Waals surface area contributed by atoms with Gasteiger partial charge in [0.1, 0.15) is 12.1 Å². The Bertz CT molecular complexity index is 1490. The second-order valence-electron chi connectivity index (χ2n) is 8.33. The van der Waals surface area contributed by atoms with Crippen molar-refractivity contribution >= 4 is 17.7 Å². The summed E-state index contributed by atoms with van der Waals surface area (Å²) >= 11 is 0. The first-order valence-corrected chi connectivity index (χ1v) is 11.0. The summed E-state index contributed by atoms with van der Waals surface area (Å²) < 4.78 is 59.6. The molecular formula is C23H22F5N7O4. The van der Waals surface area contributed by atoms with Crippen LogP contribution in [0, 0.1) is 6.92 Å². The minimum atomic E-state index is -5.08. The van der Waals surface area contributed by atoms with Gasteiger partial charge in [-0.2, -0.15) is 27.1 Å². The predicted octanol–water partition coefficient (Wildman–Crippen LogP) is 3.12. The van der Waals surface area contributed by atoms with Crippen LogP contribution < -0.4 is 16.7 Å². The fraction of sp³-hybridized carbons (Fsp3) is 0.261. The second kappa shape index (κ2) is 11.4. The average molecular weight is 555 g/mol. The molecule has 0 atom stereocenters.